The van der Waals surface area contributed by atoms with Crippen molar-refractivity contribution in [3.63, 3.8) is 0 Å². The first kappa shape index (κ1) is 12.7. The van der Waals surface area contributed by atoms with E-state index in [0.717, 1.165) is 12.5 Å². The predicted molar refractivity (Wildman–Crippen MR) is 72.4 cm³/mol. The maximum absolute atomic E-state index is 4.65. The van der Waals surface area contributed by atoms with Crippen molar-refractivity contribution >= 4 is 0 Å². The van der Waals surface area contributed by atoms with Crippen molar-refractivity contribution in [1.29, 1.82) is 0 Å². The first-order valence-corrected chi connectivity index (χ1v) is 6.76. The van der Waals surface area contributed by atoms with Crippen LogP contribution in [-0.2, 0) is 17.4 Å². The monoisotopic (exact) mass is 234 g/mol. The Morgan fingerprint density at radius 2 is 1.71 bits per heavy atom. The van der Waals surface area contributed by atoms with Gasteiger partial charge in [-0.3, -0.25) is 4.68 Å². The van der Waals surface area contributed by atoms with Crippen LogP contribution in [0.15, 0.2) is 6.20 Å². The van der Waals surface area contributed by atoms with Gasteiger partial charge < -0.3 is 0 Å². The zero-order valence-corrected chi connectivity index (χ0v) is 12.2. The Labute approximate surface area is 105 Å². The second-order valence-corrected chi connectivity index (χ2v) is 7.53. The average Bonchev–Trinajstić information content (AvgIpc) is 2.77. The molecule has 1 aliphatic rings. The Bertz CT molecular complexity index is 398. The van der Waals surface area contributed by atoms with Crippen molar-refractivity contribution in [1.82, 2.24) is 9.78 Å². The maximum atomic E-state index is 4.65. The van der Waals surface area contributed by atoms with Crippen molar-refractivity contribution in [2.75, 3.05) is 0 Å². The molecule has 0 atom stereocenters. The molecule has 0 spiro atoms. The van der Waals surface area contributed by atoms with E-state index >= 15 is 0 Å². The zero-order valence-electron chi connectivity index (χ0n) is 12.2. The third-order valence-corrected chi connectivity index (χ3v) is 3.49. The minimum absolute atomic E-state index is 0.175. The Hall–Kier alpha value is -0.790. The van der Waals surface area contributed by atoms with Gasteiger partial charge in [-0.25, -0.2) is 0 Å². The molecule has 1 saturated carbocycles. The van der Waals surface area contributed by atoms with E-state index in [0.29, 0.717) is 0 Å². The van der Waals surface area contributed by atoms with Crippen LogP contribution < -0.4 is 0 Å². The fourth-order valence-electron chi connectivity index (χ4n) is 2.41. The lowest BCUT2D eigenvalue weighted by molar-refractivity contribution is 0.451. The molecular weight excluding hydrogens is 208 g/mol. The van der Waals surface area contributed by atoms with E-state index in [1.54, 1.807) is 0 Å². The lowest BCUT2D eigenvalue weighted by atomic mass is 9.79. The van der Waals surface area contributed by atoms with Crippen LogP contribution in [0.4, 0.5) is 0 Å². The summed E-state index contributed by atoms with van der Waals surface area (Å²) in [4.78, 5) is 0. The highest BCUT2D eigenvalue weighted by atomic mass is 15.3. The highest BCUT2D eigenvalue weighted by molar-refractivity contribution is 5.31. The highest BCUT2D eigenvalue weighted by Gasteiger charge is 2.31. The zero-order chi connectivity index (χ0) is 12.8. The molecule has 0 N–H and O–H groups in total. The number of aromatic nitrogens is 2. The summed E-state index contributed by atoms with van der Waals surface area (Å²) in [7, 11) is 0. The molecule has 17 heavy (non-hydrogen) atoms. The summed E-state index contributed by atoms with van der Waals surface area (Å²) in [5.74, 6) is 0.879. The maximum Gasteiger partial charge on any atom is 0.0530 e. The van der Waals surface area contributed by atoms with E-state index in [1.807, 2.05) is 0 Å². The molecule has 2 heteroatoms. The highest BCUT2D eigenvalue weighted by Crippen LogP contribution is 2.36. The minimum Gasteiger partial charge on any atom is -0.268 e. The van der Waals surface area contributed by atoms with Gasteiger partial charge in [-0.1, -0.05) is 41.5 Å². The second kappa shape index (κ2) is 3.86. The van der Waals surface area contributed by atoms with E-state index in [9.17, 15) is 0 Å². The van der Waals surface area contributed by atoms with E-state index in [2.05, 4.69) is 57.5 Å². The quantitative estimate of drug-likeness (QED) is 0.759. The Balaban J connectivity index is 2.42. The first-order chi connectivity index (χ1) is 7.69. The van der Waals surface area contributed by atoms with Gasteiger partial charge in [0.05, 0.1) is 6.20 Å². The molecule has 1 aromatic rings. The van der Waals surface area contributed by atoms with Gasteiger partial charge >= 0.3 is 0 Å². The molecule has 2 nitrogen and oxygen atoms in total. The lowest BCUT2D eigenvalue weighted by Crippen LogP contribution is -2.25. The number of rotatable bonds is 2. The molecule has 1 heterocycles. The van der Waals surface area contributed by atoms with Crippen LogP contribution in [0.3, 0.4) is 0 Å². The standard InChI is InChI=1S/C15H26N2/c1-14(2,3)12-9-16-17(10-11-7-8-11)13(12)15(4,5)6/h9,11H,7-8,10H2,1-6H3. The summed E-state index contributed by atoms with van der Waals surface area (Å²) in [6.45, 7) is 14.8. The Morgan fingerprint density at radius 1 is 1.12 bits per heavy atom. The van der Waals surface area contributed by atoms with Gasteiger partial charge in [0.15, 0.2) is 0 Å². The van der Waals surface area contributed by atoms with E-state index < -0.39 is 0 Å². The molecule has 2 rings (SSSR count). The first-order valence-electron chi connectivity index (χ1n) is 6.76. The fraction of sp³-hybridized carbons (Fsp3) is 0.800. The molecule has 1 aliphatic carbocycles. The van der Waals surface area contributed by atoms with Crippen molar-refractivity contribution < 1.29 is 0 Å². The lowest BCUT2D eigenvalue weighted by Gasteiger charge is -2.27. The van der Waals surface area contributed by atoms with Crippen molar-refractivity contribution in [3.05, 3.63) is 17.5 Å². The number of nitrogens with zero attached hydrogens (tertiary/aromatic N) is 2. The molecule has 1 aromatic heterocycles. The molecule has 0 bridgehead atoms. The normalized spacial score (nSPS) is 17.5. The van der Waals surface area contributed by atoms with Gasteiger partial charge in [-0.2, -0.15) is 5.10 Å². The predicted octanol–water partition coefficient (Wildman–Crippen LogP) is 3.89. The Morgan fingerprint density at radius 3 is 2.12 bits per heavy atom. The minimum atomic E-state index is 0.175. The third-order valence-electron chi connectivity index (χ3n) is 3.49. The van der Waals surface area contributed by atoms with Gasteiger partial charge in [-0.15, -0.1) is 0 Å². The van der Waals surface area contributed by atoms with Crippen LogP contribution in [0, 0.1) is 5.92 Å². The van der Waals surface area contributed by atoms with E-state index in [1.165, 1.54) is 24.1 Å². The molecule has 0 saturated heterocycles. The molecule has 0 unspecified atom stereocenters. The molecule has 0 aromatic carbocycles. The number of hydrogen-bond acceptors (Lipinski definition) is 1. The number of hydrogen-bond donors (Lipinski definition) is 0. The van der Waals surface area contributed by atoms with Crippen LogP contribution in [0.2, 0.25) is 0 Å². The van der Waals surface area contributed by atoms with Crippen molar-refractivity contribution in [3.8, 4) is 0 Å². The van der Waals surface area contributed by atoms with E-state index in [-0.39, 0.29) is 10.8 Å². The van der Waals surface area contributed by atoms with Crippen molar-refractivity contribution in [2.24, 2.45) is 5.92 Å². The van der Waals surface area contributed by atoms with Crippen LogP contribution in [0.25, 0.3) is 0 Å². The summed E-state index contributed by atoms with van der Waals surface area (Å²) in [5.41, 5.74) is 3.20. The van der Waals surface area contributed by atoms with Crippen LogP contribution in [0.5, 0.6) is 0 Å². The Kier molecular flexibility index (Phi) is 2.87. The molecule has 1 fully saturated rings. The largest absolute Gasteiger partial charge is 0.268 e. The second-order valence-electron chi connectivity index (χ2n) is 7.53. The molecule has 96 valence electrons. The molecule has 0 amide bonds. The van der Waals surface area contributed by atoms with Gasteiger partial charge in [0.2, 0.25) is 0 Å². The van der Waals surface area contributed by atoms with Crippen LogP contribution in [0.1, 0.15) is 65.6 Å². The van der Waals surface area contributed by atoms with Crippen LogP contribution in [-0.4, -0.2) is 9.78 Å². The average molecular weight is 234 g/mol. The molecule has 0 aliphatic heterocycles. The third kappa shape index (κ3) is 2.72. The summed E-state index contributed by atoms with van der Waals surface area (Å²) in [5, 5.41) is 4.65. The SMILES string of the molecule is CC(C)(C)c1cnn(CC2CC2)c1C(C)(C)C. The van der Waals surface area contributed by atoms with Gasteiger partial charge in [0.1, 0.15) is 0 Å². The summed E-state index contributed by atoms with van der Waals surface area (Å²) in [6.07, 6.45) is 4.85. The van der Waals surface area contributed by atoms with Gasteiger partial charge in [-0.05, 0) is 29.7 Å². The van der Waals surface area contributed by atoms with Crippen molar-refractivity contribution in [2.45, 2.75) is 71.8 Å². The van der Waals surface area contributed by atoms with E-state index in [4.69, 9.17) is 0 Å². The molecule has 0 radical (unpaired) electrons. The van der Waals surface area contributed by atoms with Gasteiger partial charge in [0, 0.05) is 17.7 Å². The van der Waals surface area contributed by atoms with Crippen LogP contribution >= 0.6 is 0 Å². The van der Waals surface area contributed by atoms with Gasteiger partial charge in [0.25, 0.3) is 0 Å². The fourth-order valence-corrected chi connectivity index (χ4v) is 2.41. The topological polar surface area (TPSA) is 17.8 Å². The summed E-state index contributed by atoms with van der Waals surface area (Å²) >= 11 is 0. The summed E-state index contributed by atoms with van der Waals surface area (Å²) in [6, 6.07) is 0. The summed E-state index contributed by atoms with van der Waals surface area (Å²) < 4.78 is 2.26. The smallest absolute Gasteiger partial charge is 0.0530 e. The molecular formula is C15H26N2.